The first-order chi connectivity index (χ1) is 11.4. The lowest BCUT2D eigenvalue weighted by atomic mass is 10.1. The molecule has 1 heterocycles. The Kier molecular flexibility index (Phi) is 5.25. The Balaban J connectivity index is 1.83. The second-order valence-electron chi connectivity index (χ2n) is 5.01. The molecule has 1 amide bonds. The summed E-state index contributed by atoms with van der Waals surface area (Å²) in [6.45, 7) is 1.98. The number of carbonyl (C=O) groups excluding carboxylic acids is 1. The van der Waals surface area contributed by atoms with Crippen molar-refractivity contribution >= 4 is 61.5 Å². The minimum Gasteiger partial charge on any atom is -0.298 e. The van der Waals surface area contributed by atoms with Crippen molar-refractivity contribution in [3.05, 3.63) is 67.4 Å². The Morgan fingerprint density at radius 3 is 2.50 bits per heavy atom. The van der Waals surface area contributed by atoms with Crippen molar-refractivity contribution in [1.82, 2.24) is 4.98 Å². The molecule has 0 aliphatic carbocycles. The summed E-state index contributed by atoms with van der Waals surface area (Å²) in [5.41, 5.74) is 2.29. The van der Waals surface area contributed by atoms with E-state index in [1.54, 1.807) is 12.1 Å². The first kappa shape index (κ1) is 17.4. The van der Waals surface area contributed by atoms with Crippen molar-refractivity contribution < 1.29 is 4.79 Å². The number of aromatic nitrogens is 1. The van der Waals surface area contributed by atoms with E-state index in [0.29, 0.717) is 20.7 Å². The number of carbonyl (C=O) groups is 1. The molecular weight excluding hydrogens is 431 g/mol. The van der Waals surface area contributed by atoms with Crippen LogP contribution in [0.2, 0.25) is 10.0 Å². The van der Waals surface area contributed by atoms with Gasteiger partial charge in [0, 0.05) is 20.5 Å². The quantitative estimate of drug-likeness (QED) is 0.508. The fraction of sp³-hybridized carbons (Fsp3) is 0.0588. The maximum atomic E-state index is 12.3. The van der Waals surface area contributed by atoms with Gasteiger partial charge in [-0.25, -0.2) is 4.98 Å². The molecule has 0 spiro atoms. The van der Waals surface area contributed by atoms with Gasteiger partial charge in [0.1, 0.15) is 0 Å². The molecule has 0 saturated heterocycles. The summed E-state index contributed by atoms with van der Waals surface area (Å²) in [7, 11) is 0. The van der Waals surface area contributed by atoms with Gasteiger partial charge >= 0.3 is 0 Å². The van der Waals surface area contributed by atoms with Crippen LogP contribution in [0.4, 0.5) is 5.13 Å². The molecule has 0 radical (unpaired) electrons. The van der Waals surface area contributed by atoms with E-state index in [4.69, 9.17) is 23.2 Å². The van der Waals surface area contributed by atoms with Gasteiger partial charge in [-0.2, -0.15) is 0 Å². The lowest BCUT2D eigenvalue weighted by Gasteiger charge is -2.03. The van der Waals surface area contributed by atoms with Crippen molar-refractivity contribution in [2.75, 3.05) is 5.32 Å². The summed E-state index contributed by atoms with van der Waals surface area (Å²) >= 11 is 16.7. The van der Waals surface area contributed by atoms with Crippen LogP contribution in [0.3, 0.4) is 0 Å². The lowest BCUT2D eigenvalue weighted by Crippen LogP contribution is -2.11. The van der Waals surface area contributed by atoms with E-state index in [0.717, 1.165) is 20.6 Å². The SMILES string of the molecule is Cc1sc(NC(=O)c2ccc(Cl)c(Cl)c2)nc1-c1ccc(Br)cc1. The molecule has 3 rings (SSSR count). The smallest absolute Gasteiger partial charge is 0.257 e. The number of nitrogens with one attached hydrogen (secondary N) is 1. The average Bonchev–Trinajstić information content (AvgIpc) is 2.91. The summed E-state index contributed by atoms with van der Waals surface area (Å²) < 4.78 is 1.01. The van der Waals surface area contributed by atoms with Crippen molar-refractivity contribution in [2.45, 2.75) is 6.92 Å². The van der Waals surface area contributed by atoms with Crippen LogP contribution in [0, 0.1) is 6.92 Å². The normalized spacial score (nSPS) is 10.7. The van der Waals surface area contributed by atoms with Crippen LogP contribution in [-0.4, -0.2) is 10.9 Å². The fourth-order valence-electron chi connectivity index (χ4n) is 2.13. The Hall–Kier alpha value is -1.40. The Labute approximate surface area is 161 Å². The molecule has 122 valence electrons. The van der Waals surface area contributed by atoms with Crippen molar-refractivity contribution in [3.8, 4) is 11.3 Å². The van der Waals surface area contributed by atoms with Gasteiger partial charge in [0.05, 0.1) is 15.7 Å². The highest BCUT2D eigenvalue weighted by Crippen LogP contribution is 2.31. The van der Waals surface area contributed by atoms with Crippen LogP contribution < -0.4 is 5.32 Å². The summed E-state index contributed by atoms with van der Waals surface area (Å²) in [4.78, 5) is 17.9. The van der Waals surface area contributed by atoms with Crippen LogP contribution in [0.5, 0.6) is 0 Å². The molecule has 0 bridgehead atoms. The van der Waals surface area contributed by atoms with Crippen LogP contribution >= 0.6 is 50.5 Å². The maximum absolute atomic E-state index is 12.3. The number of hydrogen-bond donors (Lipinski definition) is 1. The summed E-state index contributed by atoms with van der Waals surface area (Å²) in [6.07, 6.45) is 0. The highest BCUT2D eigenvalue weighted by molar-refractivity contribution is 9.10. The van der Waals surface area contributed by atoms with E-state index in [2.05, 4.69) is 26.2 Å². The molecule has 24 heavy (non-hydrogen) atoms. The number of aryl methyl sites for hydroxylation is 1. The van der Waals surface area contributed by atoms with Crippen LogP contribution in [0.15, 0.2) is 46.9 Å². The fourth-order valence-corrected chi connectivity index (χ4v) is 3.53. The molecule has 0 aliphatic heterocycles. The molecular formula is C17H11BrCl2N2OS. The molecule has 1 aromatic heterocycles. The predicted octanol–water partition coefficient (Wildman–Crippen LogP) is 6.44. The zero-order valence-corrected chi connectivity index (χ0v) is 16.4. The zero-order chi connectivity index (χ0) is 17.3. The van der Waals surface area contributed by atoms with Gasteiger partial charge in [0.15, 0.2) is 5.13 Å². The van der Waals surface area contributed by atoms with E-state index in [1.165, 1.54) is 17.4 Å². The van der Waals surface area contributed by atoms with Crippen LogP contribution in [0.1, 0.15) is 15.2 Å². The van der Waals surface area contributed by atoms with Gasteiger partial charge < -0.3 is 0 Å². The first-order valence-corrected chi connectivity index (χ1v) is 9.30. The predicted molar refractivity (Wildman–Crippen MR) is 104 cm³/mol. The van der Waals surface area contributed by atoms with Crippen molar-refractivity contribution in [3.63, 3.8) is 0 Å². The molecule has 1 N–H and O–H groups in total. The molecule has 0 aliphatic rings. The van der Waals surface area contributed by atoms with Gasteiger partial charge in [-0.05, 0) is 37.3 Å². The number of anilines is 1. The second kappa shape index (κ2) is 7.23. The van der Waals surface area contributed by atoms with E-state index < -0.39 is 0 Å². The Morgan fingerprint density at radius 2 is 1.83 bits per heavy atom. The number of nitrogens with zero attached hydrogens (tertiary/aromatic N) is 1. The maximum Gasteiger partial charge on any atom is 0.257 e. The number of halogens is 3. The van der Waals surface area contributed by atoms with E-state index in [9.17, 15) is 4.79 Å². The largest absolute Gasteiger partial charge is 0.298 e. The molecule has 2 aromatic carbocycles. The number of hydrogen-bond acceptors (Lipinski definition) is 3. The van der Waals surface area contributed by atoms with Gasteiger partial charge in [0.25, 0.3) is 5.91 Å². The zero-order valence-electron chi connectivity index (χ0n) is 12.4. The molecule has 7 heteroatoms. The third-order valence-corrected chi connectivity index (χ3v) is 5.47. The van der Waals surface area contributed by atoms with Gasteiger partial charge in [0.2, 0.25) is 0 Å². The van der Waals surface area contributed by atoms with E-state index in [1.807, 2.05) is 31.2 Å². The lowest BCUT2D eigenvalue weighted by molar-refractivity contribution is 0.102. The molecule has 0 atom stereocenters. The summed E-state index contributed by atoms with van der Waals surface area (Å²) in [5, 5.41) is 4.10. The van der Waals surface area contributed by atoms with Gasteiger partial charge in [-0.3, -0.25) is 10.1 Å². The third kappa shape index (κ3) is 3.81. The summed E-state index contributed by atoms with van der Waals surface area (Å²) in [5.74, 6) is -0.273. The molecule has 0 saturated carbocycles. The highest BCUT2D eigenvalue weighted by Gasteiger charge is 2.14. The van der Waals surface area contributed by atoms with Crippen LogP contribution in [-0.2, 0) is 0 Å². The van der Waals surface area contributed by atoms with Crippen molar-refractivity contribution in [2.24, 2.45) is 0 Å². The van der Waals surface area contributed by atoms with Gasteiger partial charge in [-0.15, -0.1) is 11.3 Å². The molecule has 0 fully saturated rings. The minimum absolute atomic E-state index is 0.273. The van der Waals surface area contributed by atoms with E-state index in [-0.39, 0.29) is 5.91 Å². The Bertz CT molecular complexity index is 909. The number of thiazole rings is 1. The monoisotopic (exact) mass is 440 g/mol. The van der Waals surface area contributed by atoms with Crippen molar-refractivity contribution in [1.29, 1.82) is 0 Å². The van der Waals surface area contributed by atoms with Crippen LogP contribution in [0.25, 0.3) is 11.3 Å². The molecule has 3 aromatic rings. The molecule has 3 nitrogen and oxygen atoms in total. The Morgan fingerprint density at radius 1 is 1.12 bits per heavy atom. The van der Waals surface area contributed by atoms with E-state index >= 15 is 0 Å². The topological polar surface area (TPSA) is 42.0 Å². The highest BCUT2D eigenvalue weighted by atomic mass is 79.9. The number of rotatable bonds is 3. The second-order valence-corrected chi connectivity index (χ2v) is 7.95. The standard InChI is InChI=1S/C17H11BrCl2N2OS/c1-9-15(10-2-5-12(18)6-3-10)21-17(24-9)22-16(23)11-4-7-13(19)14(20)8-11/h2-8H,1H3,(H,21,22,23). The molecule has 0 unspecified atom stereocenters. The number of benzene rings is 2. The average molecular weight is 442 g/mol. The van der Waals surface area contributed by atoms with Gasteiger partial charge in [-0.1, -0.05) is 51.3 Å². The minimum atomic E-state index is -0.273. The number of amides is 1. The first-order valence-electron chi connectivity index (χ1n) is 6.94. The summed E-state index contributed by atoms with van der Waals surface area (Å²) in [6, 6.07) is 12.6. The third-order valence-electron chi connectivity index (χ3n) is 3.32.